The minimum absolute atomic E-state index is 0.156. The number of amides is 2. The number of carboxylic acids is 1. The van der Waals surface area contributed by atoms with Crippen molar-refractivity contribution in [1.29, 1.82) is 0 Å². The quantitative estimate of drug-likeness (QED) is 0.492. The lowest BCUT2D eigenvalue weighted by Gasteiger charge is -2.19. The monoisotopic (exact) mass is 243 g/mol. The van der Waals surface area contributed by atoms with E-state index in [2.05, 4.69) is 20.5 Å². The molecule has 1 atom stereocenters. The van der Waals surface area contributed by atoms with Crippen LogP contribution in [0.2, 0.25) is 0 Å². The Bertz CT molecular complexity index is 379. The molecule has 1 rings (SSSR count). The number of rotatable bonds is 5. The summed E-state index contributed by atoms with van der Waals surface area (Å²) in [6.45, 7) is -0.513. The molecule has 1 heterocycles. The van der Waals surface area contributed by atoms with Crippen molar-refractivity contribution >= 4 is 12.0 Å². The second kappa shape index (κ2) is 5.80. The van der Waals surface area contributed by atoms with Gasteiger partial charge >= 0.3 is 12.0 Å². The van der Waals surface area contributed by atoms with Crippen molar-refractivity contribution in [3.8, 4) is 0 Å². The van der Waals surface area contributed by atoms with Gasteiger partial charge in [-0.2, -0.15) is 5.10 Å². The largest absolute Gasteiger partial charge is 0.480 e. The third kappa shape index (κ3) is 3.72. The van der Waals surface area contributed by atoms with Crippen LogP contribution >= 0.6 is 0 Å². The van der Waals surface area contributed by atoms with Gasteiger partial charge < -0.3 is 20.4 Å². The van der Waals surface area contributed by atoms with Gasteiger partial charge in [-0.3, -0.25) is 5.10 Å². The Kier molecular flexibility index (Phi) is 4.40. The highest BCUT2D eigenvalue weighted by Gasteiger charge is 2.20. The van der Waals surface area contributed by atoms with Crippen LogP contribution in [0.1, 0.15) is 5.82 Å². The van der Waals surface area contributed by atoms with Crippen LogP contribution in [0.15, 0.2) is 6.33 Å². The summed E-state index contributed by atoms with van der Waals surface area (Å²) in [6, 6.07) is -1.94. The van der Waals surface area contributed by atoms with Crippen LogP contribution in [-0.2, 0) is 11.3 Å². The number of urea groups is 1. The lowest BCUT2D eigenvalue weighted by atomic mass is 10.3. The number of aromatic nitrogens is 3. The molecule has 0 aliphatic heterocycles. The Labute approximate surface area is 96.5 Å². The van der Waals surface area contributed by atoms with Crippen LogP contribution < -0.4 is 5.32 Å². The van der Waals surface area contributed by atoms with Crippen molar-refractivity contribution in [3.05, 3.63) is 12.2 Å². The number of hydrogen-bond donors (Lipinski definition) is 4. The highest BCUT2D eigenvalue weighted by Crippen LogP contribution is 1.95. The average Bonchev–Trinajstić information content (AvgIpc) is 2.77. The molecule has 0 saturated carbocycles. The fourth-order valence-electron chi connectivity index (χ4n) is 1.05. The van der Waals surface area contributed by atoms with E-state index in [4.69, 9.17) is 10.2 Å². The second-order valence-electron chi connectivity index (χ2n) is 3.31. The second-order valence-corrected chi connectivity index (χ2v) is 3.31. The molecule has 0 aliphatic carbocycles. The van der Waals surface area contributed by atoms with Gasteiger partial charge in [-0.05, 0) is 0 Å². The molecular weight excluding hydrogens is 230 g/mol. The van der Waals surface area contributed by atoms with E-state index in [0.717, 1.165) is 0 Å². The number of hydrogen-bond acceptors (Lipinski definition) is 5. The van der Waals surface area contributed by atoms with E-state index >= 15 is 0 Å². The van der Waals surface area contributed by atoms with E-state index in [1.165, 1.54) is 18.3 Å². The molecule has 0 bridgehead atoms. The standard InChI is InChI=1S/C8H13N5O4/c1-13(2-6-9-4-10-12-6)8(17)11-5(3-14)7(15)16/h4-5,14H,2-3H2,1H3,(H,11,17)(H,15,16)(H,9,10,12)/t5-/m0/s1. The van der Waals surface area contributed by atoms with E-state index in [0.29, 0.717) is 5.82 Å². The van der Waals surface area contributed by atoms with E-state index in [9.17, 15) is 9.59 Å². The number of aliphatic carboxylic acids is 1. The highest BCUT2D eigenvalue weighted by molar-refractivity contribution is 5.82. The number of aliphatic hydroxyl groups is 1. The maximum Gasteiger partial charge on any atom is 0.328 e. The summed E-state index contributed by atoms with van der Waals surface area (Å²) >= 11 is 0. The summed E-state index contributed by atoms with van der Waals surface area (Å²) < 4.78 is 0. The fourth-order valence-corrected chi connectivity index (χ4v) is 1.05. The maximum atomic E-state index is 11.5. The minimum Gasteiger partial charge on any atom is -0.480 e. The summed E-state index contributed by atoms with van der Waals surface area (Å²) in [5.41, 5.74) is 0. The van der Waals surface area contributed by atoms with Crippen molar-refractivity contribution < 1.29 is 19.8 Å². The molecule has 1 aromatic rings. The minimum atomic E-state index is -1.32. The topological polar surface area (TPSA) is 131 Å². The van der Waals surface area contributed by atoms with Gasteiger partial charge in [0, 0.05) is 7.05 Å². The highest BCUT2D eigenvalue weighted by atomic mass is 16.4. The number of nitrogens with one attached hydrogen (secondary N) is 2. The van der Waals surface area contributed by atoms with Gasteiger partial charge in [0.15, 0.2) is 6.04 Å². The zero-order valence-corrected chi connectivity index (χ0v) is 9.12. The predicted octanol–water partition coefficient (Wildman–Crippen LogP) is -1.61. The number of aliphatic hydroxyl groups excluding tert-OH is 1. The van der Waals surface area contributed by atoms with Crippen molar-refractivity contribution in [2.75, 3.05) is 13.7 Å². The number of aromatic amines is 1. The van der Waals surface area contributed by atoms with Crippen LogP contribution in [0.5, 0.6) is 0 Å². The summed E-state index contributed by atoms with van der Waals surface area (Å²) in [7, 11) is 1.47. The molecule has 0 aromatic carbocycles. The SMILES string of the molecule is CN(Cc1ncn[nH]1)C(=O)N[C@@H](CO)C(=O)O. The van der Waals surface area contributed by atoms with Crippen molar-refractivity contribution in [2.45, 2.75) is 12.6 Å². The number of carbonyl (C=O) groups excluding carboxylic acids is 1. The molecule has 0 saturated heterocycles. The molecule has 9 heteroatoms. The first-order chi connectivity index (χ1) is 8.04. The normalized spacial score (nSPS) is 11.9. The van der Waals surface area contributed by atoms with Crippen LogP contribution in [0.4, 0.5) is 4.79 Å². The van der Waals surface area contributed by atoms with Gasteiger partial charge in [0.2, 0.25) is 0 Å². The molecular formula is C8H13N5O4. The number of H-pyrrole nitrogens is 1. The average molecular weight is 243 g/mol. The Morgan fingerprint density at radius 1 is 1.65 bits per heavy atom. The smallest absolute Gasteiger partial charge is 0.328 e. The molecule has 9 nitrogen and oxygen atoms in total. The zero-order valence-electron chi connectivity index (χ0n) is 9.12. The molecule has 1 aromatic heterocycles. The first-order valence-corrected chi connectivity index (χ1v) is 4.74. The number of carboxylic acid groups (broad SMARTS) is 1. The van der Waals surface area contributed by atoms with Gasteiger partial charge in [-0.15, -0.1) is 0 Å². The maximum absolute atomic E-state index is 11.5. The zero-order chi connectivity index (χ0) is 12.8. The molecule has 2 amide bonds. The lowest BCUT2D eigenvalue weighted by molar-refractivity contribution is -0.140. The van der Waals surface area contributed by atoms with Gasteiger partial charge in [0.1, 0.15) is 12.2 Å². The molecule has 0 spiro atoms. The Morgan fingerprint density at radius 2 is 2.35 bits per heavy atom. The van der Waals surface area contributed by atoms with E-state index in [-0.39, 0.29) is 6.54 Å². The summed E-state index contributed by atoms with van der Waals surface area (Å²) in [5, 5.41) is 25.7. The van der Waals surface area contributed by atoms with Crippen LogP contribution in [-0.4, -0.2) is 62.0 Å². The van der Waals surface area contributed by atoms with Gasteiger partial charge in [0.25, 0.3) is 0 Å². The fraction of sp³-hybridized carbons (Fsp3) is 0.500. The van der Waals surface area contributed by atoms with Crippen molar-refractivity contribution in [2.24, 2.45) is 0 Å². The van der Waals surface area contributed by atoms with Crippen LogP contribution in [0.3, 0.4) is 0 Å². The molecule has 0 fully saturated rings. The first-order valence-electron chi connectivity index (χ1n) is 4.74. The third-order valence-electron chi connectivity index (χ3n) is 1.98. The van der Waals surface area contributed by atoms with Crippen LogP contribution in [0.25, 0.3) is 0 Å². The molecule has 0 radical (unpaired) electrons. The number of nitrogens with zero attached hydrogens (tertiary/aromatic N) is 3. The Morgan fingerprint density at radius 3 is 2.82 bits per heavy atom. The lowest BCUT2D eigenvalue weighted by Crippen LogP contribution is -2.48. The Balaban J connectivity index is 2.49. The van der Waals surface area contributed by atoms with E-state index < -0.39 is 24.6 Å². The summed E-state index contributed by atoms with van der Waals surface area (Å²) in [5.74, 6) is -0.826. The Hall–Kier alpha value is -2.16. The molecule has 0 unspecified atom stereocenters. The van der Waals surface area contributed by atoms with Gasteiger partial charge in [0.05, 0.1) is 13.2 Å². The third-order valence-corrected chi connectivity index (χ3v) is 1.98. The summed E-state index contributed by atoms with van der Waals surface area (Å²) in [6.07, 6.45) is 1.30. The van der Waals surface area contributed by atoms with Gasteiger partial charge in [-0.25, -0.2) is 14.6 Å². The molecule has 4 N–H and O–H groups in total. The van der Waals surface area contributed by atoms with Crippen LogP contribution in [0, 0.1) is 0 Å². The molecule has 0 aliphatic rings. The predicted molar refractivity (Wildman–Crippen MR) is 54.9 cm³/mol. The number of carbonyl (C=O) groups is 2. The van der Waals surface area contributed by atoms with Gasteiger partial charge in [-0.1, -0.05) is 0 Å². The van der Waals surface area contributed by atoms with E-state index in [1.807, 2.05) is 0 Å². The molecule has 94 valence electrons. The molecule has 17 heavy (non-hydrogen) atoms. The van der Waals surface area contributed by atoms with E-state index in [1.54, 1.807) is 0 Å². The first kappa shape index (κ1) is 12.9. The van der Waals surface area contributed by atoms with Crippen molar-refractivity contribution in [1.82, 2.24) is 25.4 Å². The van der Waals surface area contributed by atoms with Crippen molar-refractivity contribution in [3.63, 3.8) is 0 Å². The summed E-state index contributed by atoms with van der Waals surface area (Å²) in [4.78, 5) is 27.1.